The molecule has 24 heavy (non-hydrogen) atoms. The zero-order valence-corrected chi connectivity index (χ0v) is 15.2. The average Bonchev–Trinajstić information content (AvgIpc) is 3.23. The topological polar surface area (TPSA) is 41.6 Å². The standard InChI is InChI=1S/C19H17N3S2/c1-12-4-3-5-13(2)19(12)24-10-18-21-15-7-6-14(8-16(15)22-18)17-9-23-11-20-17/h3-9,11H,10H2,1-2H3,(H,21,22). The number of nitrogens with one attached hydrogen (secondary N) is 1. The zero-order chi connectivity index (χ0) is 16.5. The summed E-state index contributed by atoms with van der Waals surface area (Å²) in [6.07, 6.45) is 0. The quantitative estimate of drug-likeness (QED) is 0.487. The molecular formula is C19H17N3S2. The van der Waals surface area contributed by atoms with E-state index >= 15 is 0 Å². The third-order valence-electron chi connectivity index (χ3n) is 4.02. The smallest absolute Gasteiger partial charge is 0.117 e. The number of hydrogen-bond acceptors (Lipinski definition) is 4. The summed E-state index contributed by atoms with van der Waals surface area (Å²) < 4.78 is 0. The molecule has 4 aromatic rings. The number of thioether (sulfide) groups is 1. The third kappa shape index (κ3) is 2.97. The minimum atomic E-state index is 0.840. The van der Waals surface area contributed by atoms with Crippen molar-refractivity contribution in [2.45, 2.75) is 24.5 Å². The van der Waals surface area contributed by atoms with Gasteiger partial charge in [0.1, 0.15) is 5.82 Å². The summed E-state index contributed by atoms with van der Waals surface area (Å²) in [5.74, 6) is 1.85. The molecule has 3 nitrogen and oxygen atoms in total. The van der Waals surface area contributed by atoms with Crippen molar-refractivity contribution < 1.29 is 0 Å². The molecule has 0 amide bonds. The van der Waals surface area contributed by atoms with Gasteiger partial charge in [-0.2, -0.15) is 0 Å². The Morgan fingerprint density at radius 1 is 1.12 bits per heavy atom. The predicted molar refractivity (Wildman–Crippen MR) is 103 cm³/mol. The zero-order valence-electron chi connectivity index (χ0n) is 13.5. The van der Waals surface area contributed by atoms with Crippen LogP contribution in [0.15, 0.2) is 52.2 Å². The van der Waals surface area contributed by atoms with Gasteiger partial charge in [-0.3, -0.25) is 0 Å². The first-order valence-electron chi connectivity index (χ1n) is 7.77. The molecule has 0 aliphatic carbocycles. The van der Waals surface area contributed by atoms with Crippen LogP contribution < -0.4 is 0 Å². The fraction of sp³-hybridized carbons (Fsp3) is 0.158. The van der Waals surface area contributed by atoms with Crippen LogP contribution in [-0.2, 0) is 5.75 Å². The molecule has 4 rings (SSSR count). The summed E-state index contributed by atoms with van der Waals surface area (Å²) in [5, 5.41) is 2.06. The van der Waals surface area contributed by atoms with E-state index in [1.807, 2.05) is 17.3 Å². The van der Waals surface area contributed by atoms with Gasteiger partial charge in [-0.25, -0.2) is 9.97 Å². The van der Waals surface area contributed by atoms with E-state index in [2.05, 4.69) is 65.6 Å². The Hall–Kier alpha value is -2.11. The number of aromatic amines is 1. The number of benzene rings is 2. The molecule has 0 fully saturated rings. The monoisotopic (exact) mass is 351 g/mol. The van der Waals surface area contributed by atoms with Crippen molar-refractivity contribution >= 4 is 34.1 Å². The molecule has 0 aliphatic rings. The maximum atomic E-state index is 4.76. The summed E-state index contributed by atoms with van der Waals surface area (Å²) in [6, 6.07) is 12.7. The molecule has 0 saturated carbocycles. The molecule has 0 unspecified atom stereocenters. The molecule has 2 heterocycles. The van der Waals surface area contributed by atoms with Crippen molar-refractivity contribution in [2.24, 2.45) is 0 Å². The molecule has 5 heteroatoms. The van der Waals surface area contributed by atoms with Gasteiger partial charge in [0, 0.05) is 15.8 Å². The van der Waals surface area contributed by atoms with E-state index in [4.69, 9.17) is 4.98 Å². The first kappa shape index (κ1) is 15.4. The highest BCUT2D eigenvalue weighted by Crippen LogP contribution is 2.29. The largest absolute Gasteiger partial charge is 0.341 e. The summed E-state index contributed by atoms with van der Waals surface area (Å²) in [5.41, 5.74) is 8.70. The molecule has 120 valence electrons. The number of nitrogens with zero attached hydrogens (tertiary/aromatic N) is 2. The molecule has 0 radical (unpaired) electrons. The summed E-state index contributed by atoms with van der Waals surface area (Å²) >= 11 is 3.45. The fourth-order valence-corrected chi connectivity index (χ4v) is 4.38. The molecule has 0 bridgehead atoms. The molecule has 0 saturated heterocycles. The van der Waals surface area contributed by atoms with Crippen LogP contribution >= 0.6 is 23.1 Å². The lowest BCUT2D eigenvalue weighted by molar-refractivity contribution is 1.13. The van der Waals surface area contributed by atoms with Crippen LogP contribution in [0.5, 0.6) is 0 Å². The van der Waals surface area contributed by atoms with E-state index in [9.17, 15) is 0 Å². The van der Waals surface area contributed by atoms with Crippen molar-refractivity contribution in [3.63, 3.8) is 0 Å². The summed E-state index contributed by atoms with van der Waals surface area (Å²) in [6.45, 7) is 4.32. The second kappa shape index (κ2) is 6.42. The van der Waals surface area contributed by atoms with Crippen LogP contribution in [0, 0.1) is 13.8 Å². The molecule has 0 atom stereocenters. The van der Waals surface area contributed by atoms with Gasteiger partial charge in [0.25, 0.3) is 0 Å². The molecular weight excluding hydrogens is 334 g/mol. The first-order valence-corrected chi connectivity index (χ1v) is 9.70. The molecule has 2 aromatic heterocycles. The second-order valence-electron chi connectivity index (χ2n) is 5.80. The van der Waals surface area contributed by atoms with E-state index < -0.39 is 0 Å². The lowest BCUT2D eigenvalue weighted by Gasteiger charge is -2.07. The van der Waals surface area contributed by atoms with Crippen LogP contribution in [-0.4, -0.2) is 15.0 Å². The number of rotatable bonds is 4. The number of hydrogen-bond donors (Lipinski definition) is 1. The SMILES string of the molecule is Cc1cccc(C)c1SCc1nc2cc(-c3cscn3)ccc2[nH]1. The maximum Gasteiger partial charge on any atom is 0.117 e. The van der Waals surface area contributed by atoms with Gasteiger partial charge in [0.05, 0.1) is 28.0 Å². The number of thiazole rings is 1. The summed E-state index contributed by atoms with van der Waals surface area (Å²) in [4.78, 5) is 13.9. The van der Waals surface area contributed by atoms with Crippen molar-refractivity contribution in [3.05, 3.63) is 64.2 Å². The van der Waals surface area contributed by atoms with Crippen molar-refractivity contribution in [2.75, 3.05) is 0 Å². The molecule has 0 aliphatic heterocycles. The Morgan fingerprint density at radius 2 is 1.96 bits per heavy atom. The minimum Gasteiger partial charge on any atom is -0.341 e. The third-order valence-corrected chi connectivity index (χ3v) is 5.96. The highest BCUT2D eigenvalue weighted by molar-refractivity contribution is 7.98. The van der Waals surface area contributed by atoms with Gasteiger partial charge in [-0.1, -0.05) is 24.3 Å². The van der Waals surface area contributed by atoms with Crippen LogP contribution in [0.2, 0.25) is 0 Å². The van der Waals surface area contributed by atoms with Gasteiger partial charge < -0.3 is 4.98 Å². The predicted octanol–water partition coefficient (Wildman–Crippen LogP) is 5.60. The van der Waals surface area contributed by atoms with E-state index in [-0.39, 0.29) is 0 Å². The number of fused-ring (bicyclic) bond motifs is 1. The highest BCUT2D eigenvalue weighted by atomic mass is 32.2. The van der Waals surface area contributed by atoms with Crippen LogP contribution in [0.4, 0.5) is 0 Å². The van der Waals surface area contributed by atoms with E-state index in [1.165, 1.54) is 16.0 Å². The number of H-pyrrole nitrogens is 1. The van der Waals surface area contributed by atoms with Gasteiger partial charge in [-0.15, -0.1) is 23.1 Å². The maximum absolute atomic E-state index is 4.76. The lowest BCUT2D eigenvalue weighted by Crippen LogP contribution is -1.88. The Balaban J connectivity index is 1.59. The molecule has 1 N–H and O–H groups in total. The number of imidazole rings is 1. The van der Waals surface area contributed by atoms with Crippen molar-refractivity contribution in [3.8, 4) is 11.3 Å². The van der Waals surface area contributed by atoms with E-state index in [0.717, 1.165) is 33.9 Å². The van der Waals surface area contributed by atoms with E-state index in [0.29, 0.717) is 0 Å². The van der Waals surface area contributed by atoms with Crippen LogP contribution in [0.25, 0.3) is 22.3 Å². The molecule has 0 spiro atoms. The summed E-state index contributed by atoms with van der Waals surface area (Å²) in [7, 11) is 0. The van der Waals surface area contributed by atoms with Gasteiger partial charge >= 0.3 is 0 Å². The van der Waals surface area contributed by atoms with Gasteiger partial charge in [0.2, 0.25) is 0 Å². The Morgan fingerprint density at radius 3 is 2.71 bits per heavy atom. The van der Waals surface area contributed by atoms with Crippen LogP contribution in [0.1, 0.15) is 17.0 Å². The Bertz CT molecular complexity index is 967. The van der Waals surface area contributed by atoms with Crippen molar-refractivity contribution in [1.29, 1.82) is 0 Å². The van der Waals surface area contributed by atoms with Gasteiger partial charge in [-0.05, 0) is 37.1 Å². The highest BCUT2D eigenvalue weighted by Gasteiger charge is 2.08. The van der Waals surface area contributed by atoms with Gasteiger partial charge in [0.15, 0.2) is 0 Å². The van der Waals surface area contributed by atoms with Crippen molar-refractivity contribution in [1.82, 2.24) is 15.0 Å². The average molecular weight is 352 g/mol. The lowest BCUT2D eigenvalue weighted by atomic mass is 10.1. The Labute approximate surface area is 149 Å². The fourth-order valence-electron chi connectivity index (χ4n) is 2.81. The van der Waals surface area contributed by atoms with E-state index in [1.54, 1.807) is 11.3 Å². The molecule has 2 aromatic carbocycles. The normalized spacial score (nSPS) is 11.2. The number of aryl methyl sites for hydroxylation is 2. The second-order valence-corrected chi connectivity index (χ2v) is 7.50. The van der Waals surface area contributed by atoms with Crippen LogP contribution in [0.3, 0.4) is 0 Å². The first-order chi connectivity index (χ1) is 11.7. The Kier molecular flexibility index (Phi) is 4.12. The number of aromatic nitrogens is 3. The minimum absolute atomic E-state index is 0.840.